The predicted octanol–water partition coefficient (Wildman–Crippen LogP) is 6.86. The number of hydrogen-bond acceptors (Lipinski definition) is 4. The van der Waals surface area contributed by atoms with Crippen molar-refractivity contribution < 1.29 is 9.53 Å². The Morgan fingerprint density at radius 3 is 2.53 bits per heavy atom. The Hall–Kier alpha value is -3.51. The van der Waals surface area contributed by atoms with E-state index in [4.69, 9.17) is 9.72 Å². The molecule has 0 atom stereocenters. The molecule has 6 heteroatoms. The number of hydrazone groups is 1. The second-order valence-electron chi connectivity index (χ2n) is 8.37. The Balaban J connectivity index is 1.52. The summed E-state index contributed by atoms with van der Waals surface area (Å²) in [5.74, 6) is 0.815. The predicted molar refractivity (Wildman–Crippen MR) is 142 cm³/mol. The van der Waals surface area contributed by atoms with Gasteiger partial charge in [-0.3, -0.25) is 4.79 Å². The van der Waals surface area contributed by atoms with E-state index in [0.717, 1.165) is 44.2 Å². The Kier molecular flexibility index (Phi) is 7.70. The van der Waals surface area contributed by atoms with Crippen molar-refractivity contribution >= 4 is 39.0 Å². The highest BCUT2D eigenvalue weighted by molar-refractivity contribution is 9.10. The molecule has 0 aliphatic heterocycles. The maximum Gasteiger partial charge on any atom is 0.277 e. The molecule has 4 aromatic rings. The summed E-state index contributed by atoms with van der Waals surface area (Å²) in [5, 5.41) is 5.01. The Bertz CT molecular complexity index is 1300. The molecule has 0 aliphatic carbocycles. The van der Waals surface area contributed by atoms with Crippen LogP contribution in [0, 0.1) is 5.92 Å². The number of halogens is 1. The molecule has 0 spiro atoms. The number of rotatable bonds is 8. The number of hydrogen-bond donors (Lipinski definition) is 1. The lowest BCUT2D eigenvalue weighted by atomic mass is 9.98. The smallest absolute Gasteiger partial charge is 0.277 e. The zero-order chi connectivity index (χ0) is 23.9. The highest BCUT2D eigenvalue weighted by Crippen LogP contribution is 2.34. The number of pyridine rings is 1. The van der Waals surface area contributed by atoms with Gasteiger partial charge in [-0.15, -0.1) is 0 Å². The number of aromatic nitrogens is 1. The van der Waals surface area contributed by atoms with E-state index < -0.39 is 0 Å². The molecule has 5 nitrogen and oxygen atoms in total. The number of carbonyl (C=O) groups excluding carboxylic acids is 1. The van der Waals surface area contributed by atoms with Gasteiger partial charge in [0.25, 0.3) is 5.91 Å². The van der Waals surface area contributed by atoms with Crippen molar-refractivity contribution in [2.75, 3.05) is 6.61 Å². The summed E-state index contributed by atoms with van der Waals surface area (Å²) in [5.41, 5.74) is 7.51. The van der Waals surface area contributed by atoms with Crippen molar-refractivity contribution in [3.63, 3.8) is 0 Å². The first-order chi connectivity index (χ1) is 16.5. The quantitative estimate of drug-likeness (QED) is 0.206. The maximum atomic E-state index is 11.9. The first-order valence-electron chi connectivity index (χ1n) is 11.2. The molecule has 1 aromatic heterocycles. The molecular formula is C28H26BrN3O2. The van der Waals surface area contributed by atoms with Gasteiger partial charge < -0.3 is 4.74 Å². The molecule has 0 unspecified atom stereocenters. The maximum absolute atomic E-state index is 11.9. The first kappa shape index (κ1) is 23.6. The molecule has 0 radical (unpaired) electrons. The largest absolute Gasteiger partial charge is 0.484 e. The second kappa shape index (κ2) is 11.1. The van der Waals surface area contributed by atoms with E-state index in [2.05, 4.69) is 64.6 Å². The molecule has 0 bridgehead atoms. The highest BCUT2D eigenvalue weighted by atomic mass is 79.9. The Labute approximate surface area is 208 Å². The minimum atomic E-state index is -0.293. The molecule has 172 valence electrons. The molecule has 1 heterocycles. The summed E-state index contributed by atoms with van der Waals surface area (Å²) in [6, 6.07) is 26.1. The number of fused-ring (bicyclic) bond motifs is 1. The number of carbonyl (C=O) groups is 1. The van der Waals surface area contributed by atoms with Gasteiger partial charge in [0.05, 0.1) is 11.2 Å². The van der Waals surface area contributed by atoms with Gasteiger partial charge in [0.1, 0.15) is 5.75 Å². The number of amides is 1. The van der Waals surface area contributed by atoms with Crippen molar-refractivity contribution in [2.24, 2.45) is 11.0 Å². The van der Waals surface area contributed by atoms with Crippen LogP contribution in [0.15, 0.2) is 88.4 Å². The zero-order valence-electron chi connectivity index (χ0n) is 19.2. The van der Waals surface area contributed by atoms with Crippen molar-refractivity contribution in [3.05, 3.63) is 83.3 Å². The lowest BCUT2D eigenvalue weighted by molar-refractivity contribution is -0.123. The van der Waals surface area contributed by atoms with Gasteiger partial charge in [0, 0.05) is 21.6 Å². The summed E-state index contributed by atoms with van der Waals surface area (Å²) in [6.45, 7) is 4.09. The summed E-state index contributed by atoms with van der Waals surface area (Å²) in [4.78, 5) is 16.8. The summed E-state index contributed by atoms with van der Waals surface area (Å²) in [6.07, 6.45) is 2.52. The second-order valence-corrected chi connectivity index (χ2v) is 9.29. The normalized spacial score (nSPS) is 11.3. The Morgan fingerprint density at radius 2 is 1.79 bits per heavy atom. The van der Waals surface area contributed by atoms with Crippen molar-refractivity contribution in [1.29, 1.82) is 0 Å². The summed E-state index contributed by atoms with van der Waals surface area (Å²) in [7, 11) is 0. The van der Waals surface area contributed by atoms with Crippen LogP contribution in [-0.4, -0.2) is 23.7 Å². The van der Waals surface area contributed by atoms with Gasteiger partial charge in [0.2, 0.25) is 0 Å². The van der Waals surface area contributed by atoms with Gasteiger partial charge in [-0.05, 0) is 72.0 Å². The van der Waals surface area contributed by atoms with Crippen LogP contribution in [0.25, 0.3) is 33.3 Å². The highest BCUT2D eigenvalue weighted by Gasteiger charge is 2.11. The van der Waals surface area contributed by atoms with Crippen LogP contribution in [-0.2, 0) is 4.79 Å². The molecule has 0 aliphatic rings. The van der Waals surface area contributed by atoms with Gasteiger partial charge >= 0.3 is 0 Å². The summed E-state index contributed by atoms with van der Waals surface area (Å²) >= 11 is 3.58. The van der Waals surface area contributed by atoms with Crippen LogP contribution >= 0.6 is 15.9 Å². The minimum Gasteiger partial charge on any atom is -0.484 e. The average Bonchev–Trinajstić information content (AvgIpc) is 2.85. The van der Waals surface area contributed by atoms with Crippen LogP contribution in [0.1, 0.15) is 20.3 Å². The van der Waals surface area contributed by atoms with Crippen molar-refractivity contribution in [2.45, 2.75) is 20.3 Å². The van der Waals surface area contributed by atoms with E-state index in [1.807, 2.05) is 54.6 Å². The van der Waals surface area contributed by atoms with E-state index >= 15 is 0 Å². The standard InChI is InChI=1S/C28H26BrN3O2/c1-19(2)14-15-30-32-28(33)18-34-23-11-8-21(9-12-23)27-17-24(20-6-4-3-5-7-20)25-16-22(29)10-13-26(25)31-27/h3-13,15-17,19H,14,18H2,1-2H3,(H,32,33)/b30-15+. The van der Waals surface area contributed by atoms with E-state index in [1.54, 1.807) is 6.21 Å². The fraction of sp³-hybridized carbons (Fsp3) is 0.179. The van der Waals surface area contributed by atoms with E-state index in [-0.39, 0.29) is 12.5 Å². The van der Waals surface area contributed by atoms with Crippen LogP contribution in [0.5, 0.6) is 5.75 Å². The van der Waals surface area contributed by atoms with Crippen molar-refractivity contribution in [1.82, 2.24) is 10.4 Å². The average molecular weight is 516 g/mol. The molecule has 1 N–H and O–H groups in total. The third-order valence-corrected chi connectivity index (χ3v) is 5.73. The van der Waals surface area contributed by atoms with Gasteiger partial charge in [-0.25, -0.2) is 10.4 Å². The van der Waals surface area contributed by atoms with E-state index in [0.29, 0.717) is 11.7 Å². The fourth-order valence-corrected chi connectivity index (χ4v) is 3.85. The van der Waals surface area contributed by atoms with E-state index in [1.165, 1.54) is 0 Å². The van der Waals surface area contributed by atoms with E-state index in [9.17, 15) is 4.79 Å². The lowest BCUT2D eigenvalue weighted by Gasteiger charge is -2.11. The number of ether oxygens (including phenoxy) is 1. The summed E-state index contributed by atoms with van der Waals surface area (Å²) < 4.78 is 6.62. The first-order valence-corrected chi connectivity index (χ1v) is 12.0. The van der Waals surface area contributed by atoms with Gasteiger partial charge in [0.15, 0.2) is 6.61 Å². The van der Waals surface area contributed by atoms with Crippen LogP contribution in [0.4, 0.5) is 0 Å². The van der Waals surface area contributed by atoms with Crippen molar-refractivity contribution in [3.8, 4) is 28.1 Å². The topological polar surface area (TPSA) is 63.6 Å². The number of nitrogens with one attached hydrogen (secondary N) is 1. The van der Waals surface area contributed by atoms with Crippen LogP contribution < -0.4 is 10.2 Å². The molecule has 34 heavy (non-hydrogen) atoms. The lowest BCUT2D eigenvalue weighted by Crippen LogP contribution is -2.24. The minimum absolute atomic E-state index is 0.0976. The molecule has 0 fully saturated rings. The molecule has 0 saturated carbocycles. The number of nitrogens with zero attached hydrogens (tertiary/aromatic N) is 2. The molecule has 1 amide bonds. The monoisotopic (exact) mass is 515 g/mol. The zero-order valence-corrected chi connectivity index (χ0v) is 20.7. The van der Waals surface area contributed by atoms with Crippen LogP contribution in [0.2, 0.25) is 0 Å². The van der Waals surface area contributed by atoms with Gasteiger partial charge in [-0.2, -0.15) is 5.10 Å². The SMILES string of the molecule is CC(C)C/C=N/NC(=O)COc1ccc(-c2cc(-c3ccccc3)c3cc(Br)ccc3n2)cc1. The van der Waals surface area contributed by atoms with Gasteiger partial charge in [-0.1, -0.05) is 60.1 Å². The fourth-order valence-electron chi connectivity index (χ4n) is 3.49. The molecule has 3 aromatic carbocycles. The molecule has 0 saturated heterocycles. The third-order valence-electron chi connectivity index (χ3n) is 5.23. The third kappa shape index (κ3) is 6.08. The Morgan fingerprint density at radius 1 is 1.03 bits per heavy atom. The molecular weight excluding hydrogens is 490 g/mol. The molecule has 4 rings (SSSR count). The number of benzene rings is 3. The van der Waals surface area contributed by atoms with Crippen LogP contribution in [0.3, 0.4) is 0 Å².